The van der Waals surface area contributed by atoms with Crippen LogP contribution in [0.15, 0.2) is 48.5 Å². The number of hydrogen-bond donors (Lipinski definition) is 0. The molecule has 0 fully saturated rings. The zero-order chi connectivity index (χ0) is 22.9. The first-order valence-electron chi connectivity index (χ1n) is 10.2. The quantitative estimate of drug-likeness (QED) is 0.231. The van der Waals surface area contributed by atoms with E-state index in [2.05, 4.69) is 27.7 Å². The van der Waals surface area contributed by atoms with Crippen LogP contribution >= 0.6 is 9.12 Å². The number of benzene rings is 2. The van der Waals surface area contributed by atoms with Gasteiger partial charge in [0.05, 0.1) is 6.61 Å². The van der Waals surface area contributed by atoms with E-state index in [1.165, 1.54) is 9.12 Å². The van der Waals surface area contributed by atoms with Crippen LogP contribution in [-0.2, 0) is 14.1 Å². The van der Waals surface area contributed by atoms with Crippen molar-refractivity contribution in [2.45, 2.75) is 53.9 Å². The van der Waals surface area contributed by atoms with Gasteiger partial charge >= 0.3 is 15.1 Å². The smallest absolute Gasteiger partial charge is 0.321 e. The van der Waals surface area contributed by atoms with Crippen molar-refractivity contribution in [2.75, 3.05) is 6.61 Å². The van der Waals surface area contributed by atoms with Crippen molar-refractivity contribution < 1.29 is 18.9 Å². The molecule has 4 nitrogen and oxygen atoms in total. The van der Waals surface area contributed by atoms with Crippen molar-refractivity contribution in [3.8, 4) is 0 Å². The molecule has 0 aromatic heterocycles. The average molecular weight is 430 g/mol. The second kappa shape index (κ2) is 11.8. The van der Waals surface area contributed by atoms with Crippen molar-refractivity contribution in [2.24, 2.45) is 11.3 Å². The van der Waals surface area contributed by atoms with E-state index >= 15 is 0 Å². The Balaban J connectivity index is 0.00000218. The number of carbonyl (C=O) groups is 2. The average Bonchev–Trinajstić information content (AvgIpc) is 2.67. The van der Waals surface area contributed by atoms with Crippen LogP contribution in [0.1, 0.15) is 67.1 Å². The summed E-state index contributed by atoms with van der Waals surface area (Å²) in [5.41, 5.74) is 3.19. The van der Waals surface area contributed by atoms with E-state index in [-0.39, 0.29) is 17.1 Å². The van der Waals surface area contributed by atoms with Gasteiger partial charge in [-0.3, -0.25) is 9.59 Å². The Hall–Kier alpha value is -2.32. The number of carbonyl (C=O) groups excluding carboxylic acids is 2. The summed E-state index contributed by atoms with van der Waals surface area (Å²) in [6, 6.07) is 14.9. The standard InChI is InChI=1S/C25H32O3.H2OP/c1-17(15-25(4,5)6)16-28-24(27)22(20-13-8-7-9-14-20)23(26)21-18(2)11-10-12-19(21)3;1-2/h7-14,17,22H,15-16H2,1-6H3;2H2/q;+1. The highest BCUT2D eigenvalue weighted by atomic mass is 31.0. The lowest BCUT2D eigenvalue weighted by Gasteiger charge is -2.24. The minimum Gasteiger partial charge on any atom is -0.465 e. The molecule has 3 atom stereocenters. The third kappa shape index (κ3) is 7.50. The summed E-state index contributed by atoms with van der Waals surface area (Å²) in [7, 11) is 1.17. The highest BCUT2D eigenvalue weighted by Crippen LogP contribution is 2.28. The molecule has 0 aliphatic carbocycles. The third-order valence-corrected chi connectivity index (χ3v) is 4.83. The van der Waals surface area contributed by atoms with Gasteiger partial charge in [-0.05, 0) is 48.3 Å². The molecule has 3 unspecified atom stereocenters. The summed E-state index contributed by atoms with van der Waals surface area (Å²) < 4.78 is 13.8. The van der Waals surface area contributed by atoms with Gasteiger partial charge in [-0.15, -0.1) is 0 Å². The molecule has 0 N–H and O–H groups in total. The molecule has 0 bridgehead atoms. The largest absolute Gasteiger partial charge is 0.465 e. The maximum absolute atomic E-state index is 13.4. The van der Waals surface area contributed by atoms with Crippen LogP contribution in [-0.4, -0.2) is 18.4 Å². The van der Waals surface area contributed by atoms with Gasteiger partial charge in [0.1, 0.15) is 5.92 Å². The number of ketones is 1. The number of rotatable bonds is 7. The Morgan fingerprint density at radius 1 is 0.933 bits per heavy atom. The maximum atomic E-state index is 13.4. The normalized spacial score (nSPS) is 12.9. The molecule has 0 spiro atoms. The second-order valence-corrected chi connectivity index (χ2v) is 8.97. The van der Waals surface area contributed by atoms with E-state index in [9.17, 15) is 9.59 Å². The van der Waals surface area contributed by atoms with Gasteiger partial charge in [0.25, 0.3) is 0 Å². The summed E-state index contributed by atoms with van der Waals surface area (Å²) in [5, 5.41) is 0. The highest BCUT2D eigenvalue weighted by molar-refractivity contribution is 7.00. The van der Waals surface area contributed by atoms with E-state index in [1.54, 1.807) is 0 Å². The lowest BCUT2D eigenvalue weighted by atomic mass is 9.85. The van der Waals surface area contributed by atoms with E-state index < -0.39 is 11.9 Å². The van der Waals surface area contributed by atoms with Gasteiger partial charge in [0.2, 0.25) is 0 Å². The molecule has 2 rings (SSSR count). The number of ether oxygens (including phenoxy) is 1. The van der Waals surface area contributed by atoms with Gasteiger partial charge in [-0.25, -0.2) is 0 Å². The van der Waals surface area contributed by atoms with Crippen LogP contribution in [0.3, 0.4) is 0 Å². The summed E-state index contributed by atoms with van der Waals surface area (Å²) in [4.78, 5) is 26.4. The molecule has 0 saturated carbocycles. The topological polar surface area (TPSA) is 60.4 Å². The van der Waals surface area contributed by atoms with Gasteiger partial charge in [-0.2, -0.15) is 0 Å². The molecule has 2 aromatic carbocycles. The molecular formula is C25H34O4P+. The molecular weight excluding hydrogens is 395 g/mol. The molecule has 0 heterocycles. The molecule has 30 heavy (non-hydrogen) atoms. The van der Waals surface area contributed by atoms with Crippen LogP contribution in [0.4, 0.5) is 0 Å². The number of esters is 1. The zero-order valence-electron chi connectivity index (χ0n) is 18.9. The molecule has 0 radical (unpaired) electrons. The van der Waals surface area contributed by atoms with E-state index in [1.807, 2.05) is 62.4 Å². The SMILES string of the molecule is Cc1cccc(C)c1C(=O)C(C(=O)OCC(C)CC(C)(C)C)c1ccccc1.O=[PH2+]. The predicted molar refractivity (Wildman–Crippen MR) is 124 cm³/mol. The predicted octanol–water partition coefficient (Wildman–Crippen LogP) is 6.09. The molecule has 0 saturated heterocycles. The van der Waals surface area contributed by atoms with E-state index in [4.69, 9.17) is 9.30 Å². The number of hydrogen-bond acceptors (Lipinski definition) is 4. The fraction of sp³-hybridized carbons (Fsp3) is 0.440. The maximum Gasteiger partial charge on any atom is 0.321 e. The third-order valence-electron chi connectivity index (χ3n) is 4.83. The molecule has 0 aliphatic rings. The molecule has 2 aromatic rings. The molecule has 162 valence electrons. The van der Waals surface area contributed by atoms with Crippen molar-refractivity contribution in [3.05, 3.63) is 70.8 Å². The fourth-order valence-corrected chi connectivity index (χ4v) is 3.80. The van der Waals surface area contributed by atoms with Gasteiger partial charge < -0.3 is 4.74 Å². The van der Waals surface area contributed by atoms with Crippen molar-refractivity contribution in [1.82, 2.24) is 0 Å². The van der Waals surface area contributed by atoms with Crippen LogP contribution in [0.5, 0.6) is 0 Å². The first kappa shape index (κ1) is 25.7. The van der Waals surface area contributed by atoms with Gasteiger partial charge in [0.15, 0.2) is 5.78 Å². The van der Waals surface area contributed by atoms with E-state index in [0.29, 0.717) is 17.7 Å². The summed E-state index contributed by atoms with van der Waals surface area (Å²) in [6.45, 7) is 12.7. The van der Waals surface area contributed by atoms with E-state index in [0.717, 1.165) is 17.5 Å². The second-order valence-electron chi connectivity index (χ2n) is 8.97. The summed E-state index contributed by atoms with van der Waals surface area (Å²) in [6.07, 6.45) is 0.946. The van der Waals surface area contributed by atoms with Crippen molar-refractivity contribution in [1.29, 1.82) is 0 Å². The number of Topliss-reactive ketones (excluding diaryl/α,β-unsaturated/α-hetero) is 1. The molecule has 0 amide bonds. The Kier molecular flexibility index (Phi) is 10.1. The zero-order valence-corrected chi connectivity index (χ0v) is 20.1. The monoisotopic (exact) mass is 429 g/mol. The molecule has 0 aliphatic heterocycles. The van der Waals surface area contributed by atoms with Crippen LogP contribution in [0.2, 0.25) is 0 Å². The minimum atomic E-state index is -0.942. The van der Waals surface area contributed by atoms with Crippen molar-refractivity contribution in [3.63, 3.8) is 0 Å². The number of aryl methyl sites for hydroxylation is 2. The van der Waals surface area contributed by atoms with Crippen LogP contribution in [0.25, 0.3) is 0 Å². The Morgan fingerprint density at radius 2 is 1.47 bits per heavy atom. The van der Waals surface area contributed by atoms with Gasteiger partial charge in [0, 0.05) is 5.56 Å². The lowest BCUT2D eigenvalue weighted by molar-refractivity contribution is -0.145. The molecule has 5 heteroatoms. The Bertz CT molecular complexity index is 820. The van der Waals surface area contributed by atoms with Crippen LogP contribution in [0, 0.1) is 25.2 Å². The lowest BCUT2D eigenvalue weighted by Crippen LogP contribution is -2.27. The summed E-state index contributed by atoms with van der Waals surface area (Å²) in [5.74, 6) is -1.38. The Morgan fingerprint density at radius 3 is 1.97 bits per heavy atom. The highest BCUT2D eigenvalue weighted by Gasteiger charge is 2.32. The van der Waals surface area contributed by atoms with Crippen LogP contribution < -0.4 is 0 Å². The first-order chi connectivity index (χ1) is 14.1. The summed E-state index contributed by atoms with van der Waals surface area (Å²) >= 11 is 0. The first-order valence-corrected chi connectivity index (χ1v) is 10.6. The van der Waals surface area contributed by atoms with Gasteiger partial charge in [-0.1, -0.05) is 80.8 Å². The van der Waals surface area contributed by atoms with Crippen molar-refractivity contribution >= 4 is 20.9 Å². The minimum absolute atomic E-state index is 0.165. The fourth-order valence-electron chi connectivity index (χ4n) is 3.80. The Labute approximate surface area is 182 Å².